The maximum Gasteiger partial charge on any atom is 0.191 e. The lowest BCUT2D eigenvalue weighted by Gasteiger charge is -2.33. The minimum Gasteiger partial charge on any atom is -0.379 e. The Labute approximate surface area is 201 Å². The molecular weight excluding hydrogens is 537 g/mol. The first-order valence-corrected chi connectivity index (χ1v) is 13.1. The van der Waals surface area contributed by atoms with E-state index in [1.807, 2.05) is 0 Å². The lowest BCUT2D eigenvalue weighted by molar-refractivity contribution is 0.0186. The summed E-state index contributed by atoms with van der Waals surface area (Å²) in [5.74, 6) is 1.35. The molecule has 2 fully saturated rings. The number of aliphatic imine (C=N–C) groups is 1. The van der Waals surface area contributed by atoms with Crippen LogP contribution in [0.2, 0.25) is 0 Å². The van der Waals surface area contributed by atoms with Gasteiger partial charge in [-0.2, -0.15) is 0 Å². The summed E-state index contributed by atoms with van der Waals surface area (Å²) >= 11 is 1.78. The van der Waals surface area contributed by atoms with E-state index in [1.165, 1.54) is 4.88 Å². The molecule has 0 radical (unpaired) electrons. The van der Waals surface area contributed by atoms with E-state index < -0.39 is 9.84 Å². The second kappa shape index (κ2) is 13.2. The van der Waals surface area contributed by atoms with Crippen LogP contribution in [0.25, 0.3) is 0 Å². The third kappa shape index (κ3) is 8.23. The predicted octanol–water partition coefficient (Wildman–Crippen LogP) is 1.02. The Bertz CT molecular complexity index is 725. The Hall–Kier alpha value is -0.470. The van der Waals surface area contributed by atoms with Crippen LogP contribution in [0.3, 0.4) is 0 Å². The van der Waals surface area contributed by atoms with Crippen molar-refractivity contribution in [1.82, 2.24) is 20.4 Å². The van der Waals surface area contributed by atoms with Crippen molar-refractivity contribution < 1.29 is 13.2 Å². The highest BCUT2D eigenvalue weighted by Crippen LogP contribution is 2.26. The molecule has 2 aliphatic rings. The van der Waals surface area contributed by atoms with Crippen LogP contribution in [-0.4, -0.2) is 101 Å². The number of halogens is 1. The van der Waals surface area contributed by atoms with Gasteiger partial charge in [-0.05, 0) is 18.4 Å². The average Bonchev–Trinajstić information content (AvgIpc) is 3.25. The molecule has 1 aromatic rings. The van der Waals surface area contributed by atoms with Crippen molar-refractivity contribution in [3.63, 3.8) is 0 Å². The first kappa shape index (κ1) is 25.8. The first-order valence-electron chi connectivity index (χ1n) is 10.4. The van der Waals surface area contributed by atoms with Crippen molar-refractivity contribution in [2.24, 2.45) is 4.99 Å². The molecule has 1 unspecified atom stereocenters. The molecule has 0 amide bonds. The van der Waals surface area contributed by atoms with E-state index in [1.54, 1.807) is 11.3 Å². The molecule has 2 saturated heterocycles. The first-order chi connectivity index (χ1) is 14.1. The Morgan fingerprint density at radius 2 is 1.97 bits per heavy atom. The van der Waals surface area contributed by atoms with Gasteiger partial charge >= 0.3 is 0 Å². The number of ether oxygens (including phenoxy) is 1. The van der Waals surface area contributed by atoms with Gasteiger partial charge in [-0.1, -0.05) is 6.07 Å². The zero-order chi connectivity index (χ0) is 20.5. The van der Waals surface area contributed by atoms with Crippen molar-refractivity contribution in [3.8, 4) is 0 Å². The van der Waals surface area contributed by atoms with E-state index in [-0.39, 0.29) is 41.5 Å². The fourth-order valence-corrected chi connectivity index (χ4v) is 5.71. The molecule has 0 aromatic carbocycles. The summed E-state index contributed by atoms with van der Waals surface area (Å²) in [6, 6.07) is 4.55. The van der Waals surface area contributed by atoms with Crippen LogP contribution in [0, 0.1) is 0 Å². The molecule has 8 nitrogen and oxygen atoms in total. The fraction of sp³-hybridized carbons (Fsp3) is 0.737. The number of thiophene rings is 1. The maximum absolute atomic E-state index is 11.6. The van der Waals surface area contributed by atoms with Crippen LogP contribution in [0.15, 0.2) is 22.5 Å². The maximum atomic E-state index is 11.6. The third-order valence-electron chi connectivity index (χ3n) is 5.28. The summed E-state index contributed by atoms with van der Waals surface area (Å²) < 4.78 is 28.6. The predicted molar refractivity (Wildman–Crippen MR) is 134 cm³/mol. The normalized spacial score (nSPS) is 21.6. The number of hydrogen-bond donors (Lipinski definition) is 2. The smallest absolute Gasteiger partial charge is 0.191 e. The fourth-order valence-electron chi connectivity index (χ4n) is 3.58. The summed E-state index contributed by atoms with van der Waals surface area (Å²) in [7, 11) is -2.83. The van der Waals surface area contributed by atoms with E-state index in [4.69, 9.17) is 9.73 Å². The second-order valence-electron chi connectivity index (χ2n) is 7.32. The monoisotopic (exact) mass is 571 g/mol. The number of guanidine groups is 1. The Balaban J connectivity index is 0.00000320. The van der Waals surface area contributed by atoms with Crippen LogP contribution in [0.4, 0.5) is 0 Å². The highest BCUT2D eigenvalue weighted by Gasteiger charge is 2.24. The molecule has 2 aliphatic heterocycles. The summed E-state index contributed by atoms with van der Waals surface area (Å²) in [5, 5.41) is 8.84. The molecule has 1 atom stereocenters. The van der Waals surface area contributed by atoms with Crippen LogP contribution in [0.1, 0.15) is 17.8 Å². The molecule has 3 rings (SSSR count). The molecule has 30 heavy (non-hydrogen) atoms. The van der Waals surface area contributed by atoms with E-state index >= 15 is 0 Å². The van der Waals surface area contributed by atoms with Gasteiger partial charge in [-0.25, -0.2) is 8.42 Å². The van der Waals surface area contributed by atoms with Gasteiger partial charge in [-0.3, -0.25) is 14.8 Å². The van der Waals surface area contributed by atoms with Gasteiger partial charge in [0.25, 0.3) is 0 Å². The summed E-state index contributed by atoms with van der Waals surface area (Å²) in [6.45, 7) is 9.76. The molecule has 3 heterocycles. The van der Waals surface area contributed by atoms with Crippen molar-refractivity contribution >= 4 is 51.1 Å². The SMILES string of the molecule is CCNC(=NCC(c1cccs1)N1CCOCC1)NCCN1CCS(=O)(=O)CC1.I. The van der Waals surface area contributed by atoms with E-state index in [2.05, 4.69) is 44.9 Å². The van der Waals surface area contributed by atoms with Gasteiger partial charge in [0.15, 0.2) is 15.8 Å². The molecule has 0 spiro atoms. The van der Waals surface area contributed by atoms with Gasteiger partial charge in [-0.15, -0.1) is 35.3 Å². The molecule has 11 heteroatoms. The lowest BCUT2D eigenvalue weighted by atomic mass is 10.2. The topological polar surface area (TPSA) is 86.3 Å². The molecule has 1 aromatic heterocycles. The summed E-state index contributed by atoms with van der Waals surface area (Å²) in [6.07, 6.45) is 0. The Morgan fingerprint density at radius 3 is 2.60 bits per heavy atom. The Kier molecular flexibility index (Phi) is 11.3. The third-order valence-corrected chi connectivity index (χ3v) is 7.86. The number of rotatable bonds is 8. The van der Waals surface area contributed by atoms with E-state index in [9.17, 15) is 8.42 Å². The van der Waals surface area contributed by atoms with Crippen LogP contribution < -0.4 is 10.6 Å². The minimum atomic E-state index is -2.83. The lowest BCUT2D eigenvalue weighted by Crippen LogP contribution is -2.46. The molecule has 2 N–H and O–H groups in total. The van der Waals surface area contributed by atoms with Gasteiger partial charge in [0.1, 0.15) is 0 Å². The van der Waals surface area contributed by atoms with Crippen LogP contribution >= 0.6 is 35.3 Å². The quantitative estimate of drug-likeness (QED) is 0.274. The highest BCUT2D eigenvalue weighted by atomic mass is 127. The van der Waals surface area contributed by atoms with Gasteiger partial charge in [0.05, 0.1) is 37.3 Å². The average molecular weight is 572 g/mol. The largest absolute Gasteiger partial charge is 0.379 e. The number of nitrogens with zero attached hydrogens (tertiary/aromatic N) is 3. The Morgan fingerprint density at radius 1 is 1.23 bits per heavy atom. The van der Waals surface area contributed by atoms with Crippen molar-refractivity contribution in [3.05, 3.63) is 22.4 Å². The number of sulfone groups is 1. The highest BCUT2D eigenvalue weighted by molar-refractivity contribution is 14.0. The number of hydrogen-bond acceptors (Lipinski definition) is 7. The van der Waals surface area contributed by atoms with Crippen LogP contribution in [-0.2, 0) is 14.6 Å². The van der Waals surface area contributed by atoms with E-state index in [0.29, 0.717) is 19.6 Å². The number of morpholine rings is 1. The second-order valence-corrected chi connectivity index (χ2v) is 10.6. The minimum absolute atomic E-state index is 0. The van der Waals surface area contributed by atoms with Gasteiger partial charge in [0, 0.05) is 50.7 Å². The van der Waals surface area contributed by atoms with Crippen LogP contribution in [0.5, 0.6) is 0 Å². The zero-order valence-corrected chi connectivity index (χ0v) is 21.5. The molecule has 0 saturated carbocycles. The van der Waals surface area contributed by atoms with Gasteiger partial charge < -0.3 is 15.4 Å². The number of nitrogens with one attached hydrogen (secondary N) is 2. The standard InChI is InChI=1S/C19H33N5O3S2.HI/c1-2-20-19(21-5-6-23-9-14-29(25,26)15-10-23)22-16-17(18-4-3-13-28-18)24-7-11-27-12-8-24;/h3-4,13,17H,2,5-12,14-16H2,1H3,(H2,20,21,22);1H. The van der Waals surface area contributed by atoms with Crippen molar-refractivity contribution in [2.75, 3.05) is 77.1 Å². The van der Waals surface area contributed by atoms with Crippen molar-refractivity contribution in [2.45, 2.75) is 13.0 Å². The summed E-state index contributed by atoms with van der Waals surface area (Å²) in [5.41, 5.74) is 0. The molecule has 0 aliphatic carbocycles. The van der Waals surface area contributed by atoms with E-state index in [0.717, 1.165) is 51.9 Å². The van der Waals surface area contributed by atoms with Gasteiger partial charge in [0.2, 0.25) is 0 Å². The zero-order valence-electron chi connectivity index (χ0n) is 17.6. The molecule has 0 bridgehead atoms. The van der Waals surface area contributed by atoms with Crippen molar-refractivity contribution in [1.29, 1.82) is 0 Å². The molecule has 172 valence electrons. The summed E-state index contributed by atoms with van der Waals surface area (Å²) in [4.78, 5) is 10.8. The molecular formula is C19H34IN5O3S2.